The second-order valence-corrected chi connectivity index (χ2v) is 4.56. The second-order valence-electron chi connectivity index (χ2n) is 4.56. The van der Waals surface area contributed by atoms with E-state index in [1.54, 1.807) is 6.92 Å². The fourth-order valence-electron chi connectivity index (χ4n) is 2.13. The summed E-state index contributed by atoms with van der Waals surface area (Å²) in [4.78, 5) is 11.0. The van der Waals surface area contributed by atoms with E-state index in [9.17, 15) is 4.79 Å². The Bertz CT molecular complexity index is 671. The summed E-state index contributed by atoms with van der Waals surface area (Å²) in [5.41, 5.74) is 6.02. The lowest BCUT2D eigenvalue weighted by molar-refractivity contribution is 0.171. The van der Waals surface area contributed by atoms with Gasteiger partial charge in [-0.05, 0) is 32.4 Å². The molecule has 0 fully saturated rings. The van der Waals surface area contributed by atoms with Gasteiger partial charge >= 0.3 is 6.09 Å². The van der Waals surface area contributed by atoms with Crippen molar-refractivity contribution in [3.63, 3.8) is 0 Å². The third-order valence-electron chi connectivity index (χ3n) is 3.13. The Morgan fingerprint density at radius 2 is 2.20 bits per heavy atom. The molecule has 0 spiro atoms. The molecule has 20 heavy (non-hydrogen) atoms. The van der Waals surface area contributed by atoms with E-state index in [-0.39, 0.29) is 0 Å². The SMILES string of the molecule is CCc1c(/C(C)=N\NC(=O)OC)oc2ccc(C)cc12. The average Bonchev–Trinajstić information content (AvgIpc) is 2.81. The maximum Gasteiger partial charge on any atom is 0.427 e. The van der Waals surface area contributed by atoms with E-state index < -0.39 is 6.09 Å². The van der Waals surface area contributed by atoms with E-state index in [4.69, 9.17) is 4.42 Å². The van der Waals surface area contributed by atoms with Crippen molar-refractivity contribution in [2.45, 2.75) is 27.2 Å². The van der Waals surface area contributed by atoms with Crippen LogP contribution in [0.5, 0.6) is 0 Å². The summed E-state index contributed by atoms with van der Waals surface area (Å²) in [5, 5.41) is 5.08. The maximum atomic E-state index is 11.0. The number of fused-ring (bicyclic) bond motifs is 1. The molecule has 0 unspecified atom stereocenters. The highest BCUT2D eigenvalue weighted by Gasteiger charge is 2.15. The van der Waals surface area contributed by atoms with Crippen molar-refractivity contribution in [1.29, 1.82) is 0 Å². The Balaban J connectivity index is 2.45. The monoisotopic (exact) mass is 274 g/mol. The van der Waals surface area contributed by atoms with Crippen molar-refractivity contribution in [2.24, 2.45) is 5.10 Å². The van der Waals surface area contributed by atoms with Crippen molar-refractivity contribution in [1.82, 2.24) is 5.43 Å². The fourth-order valence-corrected chi connectivity index (χ4v) is 2.13. The number of nitrogens with one attached hydrogen (secondary N) is 1. The van der Waals surface area contributed by atoms with Crippen LogP contribution < -0.4 is 5.43 Å². The van der Waals surface area contributed by atoms with E-state index in [2.05, 4.69) is 28.3 Å². The fraction of sp³-hybridized carbons (Fsp3) is 0.333. The lowest BCUT2D eigenvalue weighted by Crippen LogP contribution is -2.18. The van der Waals surface area contributed by atoms with Crippen molar-refractivity contribution in [3.8, 4) is 0 Å². The number of aryl methyl sites for hydroxylation is 2. The predicted octanol–water partition coefficient (Wildman–Crippen LogP) is 3.38. The van der Waals surface area contributed by atoms with E-state index in [0.29, 0.717) is 11.5 Å². The first-order valence-corrected chi connectivity index (χ1v) is 6.47. The van der Waals surface area contributed by atoms with E-state index in [1.165, 1.54) is 12.7 Å². The van der Waals surface area contributed by atoms with Crippen LogP contribution >= 0.6 is 0 Å². The molecule has 0 saturated carbocycles. The summed E-state index contributed by atoms with van der Waals surface area (Å²) in [6, 6.07) is 6.06. The molecule has 0 atom stereocenters. The summed E-state index contributed by atoms with van der Waals surface area (Å²) in [6.07, 6.45) is 0.228. The topological polar surface area (TPSA) is 63.8 Å². The number of rotatable bonds is 3. The van der Waals surface area contributed by atoms with E-state index in [0.717, 1.165) is 23.0 Å². The molecular weight excluding hydrogens is 256 g/mol. The zero-order chi connectivity index (χ0) is 14.7. The van der Waals surface area contributed by atoms with Gasteiger partial charge in [-0.25, -0.2) is 10.2 Å². The molecule has 106 valence electrons. The van der Waals surface area contributed by atoms with Gasteiger partial charge in [0.1, 0.15) is 11.3 Å². The van der Waals surface area contributed by atoms with Crippen LogP contribution in [0.1, 0.15) is 30.7 Å². The number of hydrogen-bond donors (Lipinski definition) is 1. The third kappa shape index (κ3) is 2.66. The number of methoxy groups -OCH3 is 1. The highest BCUT2D eigenvalue weighted by Crippen LogP contribution is 2.27. The normalized spacial score (nSPS) is 11.7. The van der Waals surface area contributed by atoms with Gasteiger partial charge < -0.3 is 9.15 Å². The smallest absolute Gasteiger partial charge is 0.427 e. The number of hydrazone groups is 1. The maximum absolute atomic E-state index is 11.0. The predicted molar refractivity (Wildman–Crippen MR) is 78.1 cm³/mol. The number of ether oxygens (including phenoxy) is 1. The minimum absolute atomic E-state index is 0.602. The van der Waals surface area contributed by atoms with Gasteiger partial charge in [-0.1, -0.05) is 18.6 Å². The second kappa shape index (κ2) is 5.77. The number of carbonyl (C=O) groups excluding carboxylic acids is 1. The Kier molecular flexibility index (Phi) is 4.08. The summed E-state index contributed by atoms with van der Waals surface area (Å²) >= 11 is 0. The van der Waals surface area contributed by atoms with Gasteiger partial charge in [0.15, 0.2) is 5.76 Å². The molecule has 0 aliphatic heterocycles. The minimum atomic E-state index is -0.602. The van der Waals surface area contributed by atoms with Gasteiger partial charge in [-0.2, -0.15) is 5.10 Å². The molecule has 1 aromatic heterocycles. The van der Waals surface area contributed by atoms with Crippen LogP contribution in [0.15, 0.2) is 27.7 Å². The van der Waals surface area contributed by atoms with Crippen LogP contribution in [-0.2, 0) is 11.2 Å². The molecule has 1 heterocycles. The van der Waals surface area contributed by atoms with Crippen molar-refractivity contribution < 1.29 is 13.9 Å². The Hall–Kier alpha value is -2.30. The molecule has 0 aliphatic rings. The Morgan fingerprint density at radius 1 is 1.45 bits per heavy atom. The van der Waals surface area contributed by atoms with Crippen LogP contribution in [0, 0.1) is 6.92 Å². The Labute approximate surface area is 117 Å². The number of amides is 1. The molecule has 0 aliphatic carbocycles. The molecule has 1 aromatic carbocycles. The van der Waals surface area contributed by atoms with Crippen LogP contribution in [0.2, 0.25) is 0 Å². The number of carbonyl (C=O) groups is 1. The minimum Gasteiger partial charge on any atom is -0.454 e. The molecule has 1 amide bonds. The average molecular weight is 274 g/mol. The van der Waals surface area contributed by atoms with Crippen molar-refractivity contribution in [3.05, 3.63) is 35.1 Å². The number of furan rings is 1. The van der Waals surface area contributed by atoms with Gasteiger partial charge in [0.25, 0.3) is 0 Å². The zero-order valence-corrected chi connectivity index (χ0v) is 12.1. The van der Waals surface area contributed by atoms with Crippen molar-refractivity contribution in [2.75, 3.05) is 7.11 Å². The van der Waals surface area contributed by atoms with Crippen molar-refractivity contribution >= 4 is 22.8 Å². The molecule has 5 nitrogen and oxygen atoms in total. The number of nitrogens with zero attached hydrogens (tertiary/aromatic N) is 1. The molecule has 0 bridgehead atoms. The van der Waals surface area contributed by atoms with E-state index in [1.807, 2.05) is 19.1 Å². The van der Waals surface area contributed by atoms with Gasteiger partial charge in [-0.3, -0.25) is 0 Å². The van der Waals surface area contributed by atoms with Crippen LogP contribution in [0.3, 0.4) is 0 Å². The quantitative estimate of drug-likeness (QED) is 0.689. The first kappa shape index (κ1) is 14.1. The lowest BCUT2D eigenvalue weighted by Gasteiger charge is -2.01. The third-order valence-corrected chi connectivity index (χ3v) is 3.13. The molecule has 5 heteroatoms. The van der Waals surface area contributed by atoms with Gasteiger partial charge in [0.2, 0.25) is 0 Å². The Morgan fingerprint density at radius 3 is 2.85 bits per heavy atom. The largest absolute Gasteiger partial charge is 0.454 e. The molecule has 2 rings (SSSR count). The first-order chi connectivity index (χ1) is 9.56. The van der Waals surface area contributed by atoms with Gasteiger partial charge in [0.05, 0.1) is 7.11 Å². The van der Waals surface area contributed by atoms with Crippen LogP contribution in [-0.4, -0.2) is 18.9 Å². The molecule has 2 aromatic rings. The molecule has 0 radical (unpaired) electrons. The van der Waals surface area contributed by atoms with Crippen LogP contribution in [0.4, 0.5) is 4.79 Å². The van der Waals surface area contributed by atoms with Gasteiger partial charge in [-0.15, -0.1) is 0 Å². The number of benzene rings is 1. The highest BCUT2D eigenvalue weighted by atomic mass is 16.5. The number of hydrogen-bond acceptors (Lipinski definition) is 4. The summed E-state index contributed by atoms with van der Waals surface area (Å²) in [5.74, 6) is 0.699. The summed E-state index contributed by atoms with van der Waals surface area (Å²) in [6.45, 7) is 5.90. The van der Waals surface area contributed by atoms with E-state index >= 15 is 0 Å². The van der Waals surface area contributed by atoms with Gasteiger partial charge in [0, 0.05) is 10.9 Å². The molecular formula is C15H18N2O3. The summed E-state index contributed by atoms with van der Waals surface area (Å²) in [7, 11) is 1.29. The first-order valence-electron chi connectivity index (χ1n) is 6.47. The summed E-state index contributed by atoms with van der Waals surface area (Å²) < 4.78 is 10.3. The van der Waals surface area contributed by atoms with Crippen LogP contribution in [0.25, 0.3) is 11.0 Å². The zero-order valence-electron chi connectivity index (χ0n) is 12.1. The lowest BCUT2D eigenvalue weighted by atomic mass is 10.0. The highest BCUT2D eigenvalue weighted by molar-refractivity contribution is 6.02. The standard InChI is InChI=1S/C15H18N2O3/c1-5-11-12-8-9(2)6-7-13(12)20-14(11)10(3)16-17-15(18)19-4/h6-8H,5H2,1-4H3,(H,17,18)/b16-10-. The molecule has 0 saturated heterocycles. The molecule has 1 N–H and O–H groups in total.